The zero-order valence-corrected chi connectivity index (χ0v) is 28.8. The molecule has 248 valence electrons. The van der Waals surface area contributed by atoms with E-state index in [-0.39, 0.29) is 0 Å². The Kier molecular flexibility index (Phi) is 6.47. The highest BCUT2D eigenvalue weighted by atomic mass is 16.3. The van der Waals surface area contributed by atoms with Crippen molar-refractivity contribution in [1.82, 2.24) is 9.55 Å². The molecule has 0 atom stereocenters. The van der Waals surface area contributed by atoms with E-state index in [1.165, 1.54) is 49.9 Å². The van der Waals surface area contributed by atoms with Crippen LogP contribution in [0.5, 0.6) is 0 Å². The number of aromatic nitrogens is 2. The third-order valence-electron chi connectivity index (χ3n) is 11.1. The summed E-state index contributed by atoms with van der Waals surface area (Å²) in [5.74, 6) is 0.626. The molecule has 0 saturated heterocycles. The highest BCUT2D eigenvalue weighted by Gasteiger charge is 2.46. The molecular weight excluding hydrogens is 645 g/mol. The molecule has 0 bridgehead atoms. The lowest BCUT2D eigenvalue weighted by Crippen LogP contribution is -2.28. The first-order valence-electron chi connectivity index (χ1n) is 18.1. The Bertz CT molecular complexity index is 2920. The SMILES string of the molecule is c1ccc(-n2c3ccc(-c4ccc5c(c4)C(c4ccccc4)(c4ccccc4)c4ccccc4-5)cc3c3cc(-c4nc5ccccc5o4)ccc32)cc1. The summed E-state index contributed by atoms with van der Waals surface area (Å²) in [5.41, 5.74) is 15.6. The van der Waals surface area contributed by atoms with Gasteiger partial charge in [-0.1, -0.05) is 133 Å². The van der Waals surface area contributed by atoms with Crippen LogP contribution < -0.4 is 0 Å². The minimum absolute atomic E-state index is 0.452. The van der Waals surface area contributed by atoms with Gasteiger partial charge in [0.15, 0.2) is 5.58 Å². The standard InChI is InChI=1S/C50H32N2O/c1-4-14-36(15-5-1)50(37-16-6-2-7-17-37)43-21-11-10-20-39(43)40-27-24-34(32-44(40)50)33-25-28-46-41(30-33)42-31-35(49-51-45-22-12-13-23-48(45)53-49)26-29-47(42)52(46)38-18-8-3-9-19-38/h1-32H. The van der Waals surface area contributed by atoms with Crippen molar-refractivity contribution in [1.29, 1.82) is 0 Å². The fourth-order valence-corrected chi connectivity index (χ4v) is 8.81. The zero-order chi connectivity index (χ0) is 34.9. The van der Waals surface area contributed by atoms with E-state index in [2.05, 4.69) is 174 Å². The minimum Gasteiger partial charge on any atom is -0.436 e. The summed E-state index contributed by atoms with van der Waals surface area (Å²) in [4.78, 5) is 4.84. The van der Waals surface area contributed by atoms with Gasteiger partial charge in [-0.2, -0.15) is 0 Å². The Balaban J connectivity index is 1.15. The van der Waals surface area contributed by atoms with E-state index in [1.807, 2.05) is 24.3 Å². The summed E-state index contributed by atoms with van der Waals surface area (Å²) in [6, 6.07) is 70.0. The first-order valence-corrected chi connectivity index (χ1v) is 18.1. The number of fused-ring (bicyclic) bond motifs is 7. The van der Waals surface area contributed by atoms with Crippen LogP contribution >= 0.6 is 0 Å². The van der Waals surface area contributed by atoms with Crippen LogP contribution in [0, 0.1) is 0 Å². The molecule has 0 aliphatic heterocycles. The topological polar surface area (TPSA) is 31.0 Å². The normalized spacial score (nSPS) is 13.1. The van der Waals surface area contributed by atoms with Crippen molar-refractivity contribution in [3.63, 3.8) is 0 Å². The van der Waals surface area contributed by atoms with E-state index in [0.29, 0.717) is 5.89 Å². The van der Waals surface area contributed by atoms with Crippen molar-refractivity contribution in [2.24, 2.45) is 0 Å². The maximum Gasteiger partial charge on any atom is 0.227 e. The average molecular weight is 677 g/mol. The second-order valence-corrected chi connectivity index (χ2v) is 13.9. The van der Waals surface area contributed by atoms with Gasteiger partial charge in [-0.05, 0) is 105 Å². The molecule has 0 fully saturated rings. The van der Waals surface area contributed by atoms with Crippen LogP contribution in [0.15, 0.2) is 199 Å². The molecule has 3 heteroatoms. The van der Waals surface area contributed by atoms with Gasteiger partial charge in [0, 0.05) is 22.0 Å². The molecule has 0 spiro atoms. The molecule has 2 heterocycles. The maximum atomic E-state index is 6.24. The fourth-order valence-electron chi connectivity index (χ4n) is 8.81. The number of hydrogen-bond donors (Lipinski definition) is 0. The van der Waals surface area contributed by atoms with Gasteiger partial charge in [-0.15, -0.1) is 0 Å². The number of nitrogens with zero attached hydrogens (tertiary/aromatic N) is 2. The van der Waals surface area contributed by atoms with Crippen molar-refractivity contribution in [2.45, 2.75) is 5.41 Å². The minimum atomic E-state index is -0.452. The van der Waals surface area contributed by atoms with Gasteiger partial charge in [-0.25, -0.2) is 4.98 Å². The Hall–Kier alpha value is -6.97. The maximum absolute atomic E-state index is 6.24. The fraction of sp³-hybridized carbons (Fsp3) is 0.0200. The van der Waals surface area contributed by atoms with E-state index >= 15 is 0 Å². The second kappa shape index (κ2) is 11.5. The predicted octanol–water partition coefficient (Wildman–Crippen LogP) is 12.6. The number of rotatable bonds is 5. The van der Waals surface area contributed by atoms with Gasteiger partial charge < -0.3 is 8.98 Å². The van der Waals surface area contributed by atoms with E-state index in [0.717, 1.165) is 38.8 Å². The van der Waals surface area contributed by atoms with Crippen molar-refractivity contribution < 1.29 is 4.42 Å². The van der Waals surface area contributed by atoms with Gasteiger partial charge in [0.25, 0.3) is 0 Å². The first-order chi connectivity index (χ1) is 26.3. The molecule has 3 nitrogen and oxygen atoms in total. The van der Waals surface area contributed by atoms with E-state index in [4.69, 9.17) is 9.40 Å². The Labute approximate surface area is 307 Å². The van der Waals surface area contributed by atoms with Crippen LogP contribution in [0.4, 0.5) is 0 Å². The summed E-state index contributed by atoms with van der Waals surface area (Å²) < 4.78 is 8.60. The molecule has 8 aromatic carbocycles. The highest BCUT2D eigenvalue weighted by Crippen LogP contribution is 2.56. The van der Waals surface area contributed by atoms with Crippen molar-refractivity contribution in [3.05, 3.63) is 216 Å². The van der Waals surface area contributed by atoms with Crippen LogP contribution in [-0.2, 0) is 5.41 Å². The molecule has 1 aliphatic rings. The predicted molar refractivity (Wildman–Crippen MR) is 217 cm³/mol. The van der Waals surface area contributed by atoms with Crippen LogP contribution in [0.1, 0.15) is 22.3 Å². The van der Waals surface area contributed by atoms with Crippen molar-refractivity contribution in [2.75, 3.05) is 0 Å². The van der Waals surface area contributed by atoms with Gasteiger partial charge in [0.05, 0.1) is 16.4 Å². The molecular formula is C50H32N2O. The lowest BCUT2D eigenvalue weighted by Gasteiger charge is -2.34. The molecule has 0 amide bonds. The summed E-state index contributed by atoms with van der Waals surface area (Å²) in [7, 11) is 0. The molecule has 2 aromatic heterocycles. The molecule has 1 aliphatic carbocycles. The molecule has 0 unspecified atom stereocenters. The third kappa shape index (κ3) is 4.38. The Morgan fingerprint density at radius 2 is 0.981 bits per heavy atom. The van der Waals surface area contributed by atoms with E-state index < -0.39 is 5.41 Å². The molecule has 11 rings (SSSR count). The largest absolute Gasteiger partial charge is 0.436 e. The molecule has 53 heavy (non-hydrogen) atoms. The summed E-state index contributed by atoms with van der Waals surface area (Å²) in [5, 5.41) is 2.34. The van der Waals surface area contributed by atoms with Gasteiger partial charge in [-0.3, -0.25) is 0 Å². The van der Waals surface area contributed by atoms with Crippen LogP contribution in [0.2, 0.25) is 0 Å². The summed E-state index contributed by atoms with van der Waals surface area (Å²) >= 11 is 0. The first kappa shape index (κ1) is 29.7. The second-order valence-electron chi connectivity index (χ2n) is 13.9. The van der Waals surface area contributed by atoms with Gasteiger partial charge in [0.2, 0.25) is 5.89 Å². The molecule has 10 aromatic rings. The quantitative estimate of drug-likeness (QED) is 0.182. The third-order valence-corrected chi connectivity index (χ3v) is 11.1. The number of benzene rings is 8. The number of para-hydroxylation sites is 3. The lowest BCUT2D eigenvalue weighted by atomic mass is 9.67. The molecule has 0 saturated carbocycles. The van der Waals surface area contributed by atoms with Crippen molar-refractivity contribution in [3.8, 4) is 39.4 Å². The van der Waals surface area contributed by atoms with Crippen molar-refractivity contribution >= 4 is 32.9 Å². The Morgan fingerprint density at radius 1 is 0.434 bits per heavy atom. The van der Waals surface area contributed by atoms with Gasteiger partial charge >= 0.3 is 0 Å². The summed E-state index contributed by atoms with van der Waals surface area (Å²) in [6.45, 7) is 0. The average Bonchev–Trinajstić information content (AvgIpc) is 3.90. The van der Waals surface area contributed by atoms with E-state index in [1.54, 1.807) is 0 Å². The number of oxazole rings is 1. The van der Waals surface area contributed by atoms with Crippen LogP contribution in [0.25, 0.3) is 72.3 Å². The molecule has 0 radical (unpaired) electrons. The smallest absolute Gasteiger partial charge is 0.227 e. The van der Waals surface area contributed by atoms with Crippen LogP contribution in [0.3, 0.4) is 0 Å². The Morgan fingerprint density at radius 3 is 1.70 bits per heavy atom. The lowest BCUT2D eigenvalue weighted by molar-refractivity contribution is 0.620. The monoisotopic (exact) mass is 676 g/mol. The van der Waals surface area contributed by atoms with Gasteiger partial charge in [0.1, 0.15) is 5.52 Å². The van der Waals surface area contributed by atoms with E-state index in [9.17, 15) is 0 Å². The summed E-state index contributed by atoms with van der Waals surface area (Å²) in [6.07, 6.45) is 0. The van der Waals surface area contributed by atoms with Crippen LogP contribution in [-0.4, -0.2) is 9.55 Å². The highest BCUT2D eigenvalue weighted by molar-refractivity contribution is 6.11. The number of hydrogen-bond acceptors (Lipinski definition) is 2. The molecule has 0 N–H and O–H groups in total. The zero-order valence-electron chi connectivity index (χ0n) is 28.8.